The fraction of sp³-hybridized carbons (Fsp3) is 0.0909. The van der Waals surface area contributed by atoms with Gasteiger partial charge < -0.3 is 14.8 Å². The molecule has 3 aromatic rings. The Labute approximate surface area is 164 Å². The standard InChI is InChI=1S/C22H19NO4S/c1-26-18-13-11-15(14-19(18)27-2)10-12-16-6-5-9-21-22(16)23-17-7-3-4-8-20(17)28(21,24)25/h3-14,23H,1-2H3/b12-10+. The Kier molecular flexibility index (Phi) is 4.57. The van der Waals surface area contributed by atoms with Crippen LogP contribution in [0.4, 0.5) is 11.4 Å². The Morgan fingerprint density at radius 2 is 1.57 bits per heavy atom. The predicted molar refractivity (Wildman–Crippen MR) is 110 cm³/mol. The lowest BCUT2D eigenvalue weighted by molar-refractivity contribution is 0.355. The molecule has 0 radical (unpaired) electrons. The highest BCUT2D eigenvalue weighted by molar-refractivity contribution is 7.92. The molecular weight excluding hydrogens is 374 g/mol. The zero-order valence-corrected chi connectivity index (χ0v) is 16.3. The van der Waals surface area contributed by atoms with Gasteiger partial charge in [0.05, 0.1) is 35.4 Å². The van der Waals surface area contributed by atoms with Gasteiger partial charge in [0.25, 0.3) is 0 Å². The molecule has 1 aliphatic heterocycles. The Balaban J connectivity index is 1.76. The normalized spacial score (nSPS) is 14.1. The highest BCUT2D eigenvalue weighted by Gasteiger charge is 2.29. The molecule has 4 rings (SSSR count). The van der Waals surface area contributed by atoms with Crippen molar-refractivity contribution in [2.75, 3.05) is 19.5 Å². The van der Waals surface area contributed by atoms with Gasteiger partial charge in [0.1, 0.15) is 0 Å². The van der Waals surface area contributed by atoms with Crippen molar-refractivity contribution >= 4 is 33.4 Å². The lowest BCUT2D eigenvalue weighted by Crippen LogP contribution is -2.14. The lowest BCUT2D eigenvalue weighted by Gasteiger charge is -2.23. The maximum absolute atomic E-state index is 13.0. The molecule has 5 nitrogen and oxygen atoms in total. The van der Waals surface area contributed by atoms with Crippen molar-refractivity contribution in [3.05, 3.63) is 71.8 Å². The number of methoxy groups -OCH3 is 2. The number of benzene rings is 3. The van der Waals surface area contributed by atoms with E-state index in [9.17, 15) is 8.42 Å². The van der Waals surface area contributed by atoms with Crippen molar-refractivity contribution in [3.8, 4) is 11.5 Å². The van der Waals surface area contributed by atoms with Crippen LogP contribution in [0.1, 0.15) is 11.1 Å². The average molecular weight is 393 g/mol. The van der Waals surface area contributed by atoms with E-state index < -0.39 is 9.84 Å². The minimum absolute atomic E-state index is 0.278. The second kappa shape index (κ2) is 7.05. The summed E-state index contributed by atoms with van der Waals surface area (Å²) in [4.78, 5) is 0.573. The smallest absolute Gasteiger partial charge is 0.210 e. The minimum atomic E-state index is -3.56. The van der Waals surface area contributed by atoms with Gasteiger partial charge in [-0.05, 0) is 41.5 Å². The highest BCUT2D eigenvalue weighted by Crippen LogP contribution is 2.41. The number of hydrogen-bond donors (Lipinski definition) is 1. The summed E-state index contributed by atoms with van der Waals surface area (Å²) in [6.45, 7) is 0. The molecule has 142 valence electrons. The summed E-state index contributed by atoms with van der Waals surface area (Å²) in [5, 5.41) is 3.27. The van der Waals surface area contributed by atoms with Crippen LogP contribution in [0.2, 0.25) is 0 Å². The molecular formula is C22H19NO4S. The minimum Gasteiger partial charge on any atom is -0.493 e. The second-order valence-electron chi connectivity index (χ2n) is 6.29. The molecule has 0 amide bonds. The van der Waals surface area contributed by atoms with Gasteiger partial charge in [-0.3, -0.25) is 0 Å². The van der Waals surface area contributed by atoms with E-state index in [0.29, 0.717) is 27.8 Å². The van der Waals surface area contributed by atoms with Gasteiger partial charge in [-0.2, -0.15) is 0 Å². The lowest BCUT2D eigenvalue weighted by atomic mass is 10.1. The Morgan fingerprint density at radius 3 is 2.36 bits per heavy atom. The number of ether oxygens (including phenoxy) is 2. The van der Waals surface area contributed by atoms with Crippen LogP contribution in [0.25, 0.3) is 12.2 Å². The fourth-order valence-corrected chi connectivity index (χ4v) is 4.84. The number of anilines is 2. The first-order chi connectivity index (χ1) is 13.5. The van der Waals surface area contributed by atoms with Crippen molar-refractivity contribution in [1.29, 1.82) is 0 Å². The summed E-state index contributed by atoms with van der Waals surface area (Å²) in [5.74, 6) is 1.29. The van der Waals surface area contributed by atoms with Crippen molar-refractivity contribution in [1.82, 2.24) is 0 Å². The van der Waals surface area contributed by atoms with Crippen LogP contribution in [-0.4, -0.2) is 22.6 Å². The number of hydrogen-bond acceptors (Lipinski definition) is 5. The average Bonchev–Trinajstić information content (AvgIpc) is 2.72. The maximum Gasteiger partial charge on any atom is 0.210 e. The van der Waals surface area contributed by atoms with Crippen molar-refractivity contribution < 1.29 is 17.9 Å². The van der Waals surface area contributed by atoms with Gasteiger partial charge in [0.2, 0.25) is 9.84 Å². The third-order valence-corrected chi connectivity index (χ3v) is 6.50. The van der Waals surface area contributed by atoms with Crippen LogP contribution in [0.15, 0.2) is 70.5 Å². The first-order valence-corrected chi connectivity index (χ1v) is 10.2. The van der Waals surface area contributed by atoms with Gasteiger partial charge in [-0.1, -0.05) is 42.5 Å². The summed E-state index contributed by atoms with van der Waals surface area (Å²) in [6, 6.07) is 17.8. The first-order valence-electron chi connectivity index (χ1n) is 8.69. The van der Waals surface area contributed by atoms with E-state index in [1.807, 2.05) is 42.5 Å². The topological polar surface area (TPSA) is 64.6 Å². The summed E-state index contributed by atoms with van der Waals surface area (Å²) in [6.07, 6.45) is 3.79. The van der Waals surface area contributed by atoms with Crippen LogP contribution in [-0.2, 0) is 9.84 Å². The molecule has 1 heterocycles. The Hall–Kier alpha value is -3.25. The molecule has 0 fully saturated rings. The summed E-state index contributed by atoms with van der Waals surface area (Å²) >= 11 is 0. The molecule has 6 heteroatoms. The van der Waals surface area contributed by atoms with Crippen molar-refractivity contribution in [2.45, 2.75) is 9.79 Å². The molecule has 0 bridgehead atoms. The van der Waals surface area contributed by atoms with E-state index in [4.69, 9.17) is 9.47 Å². The van der Waals surface area contributed by atoms with E-state index in [-0.39, 0.29) is 4.90 Å². The van der Waals surface area contributed by atoms with E-state index in [0.717, 1.165) is 11.1 Å². The van der Waals surface area contributed by atoms with Crippen LogP contribution < -0.4 is 14.8 Å². The molecule has 0 aromatic heterocycles. The molecule has 0 atom stereocenters. The molecule has 3 aromatic carbocycles. The van der Waals surface area contributed by atoms with Crippen molar-refractivity contribution in [3.63, 3.8) is 0 Å². The largest absolute Gasteiger partial charge is 0.493 e. The monoisotopic (exact) mass is 393 g/mol. The molecule has 1 aliphatic rings. The number of nitrogens with one attached hydrogen (secondary N) is 1. The predicted octanol–water partition coefficient (Wildman–Crippen LogP) is 4.76. The molecule has 0 saturated carbocycles. The molecule has 1 N–H and O–H groups in total. The molecule has 0 unspecified atom stereocenters. The number of sulfone groups is 1. The van der Waals surface area contributed by atoms with Gasteiger partial charge in [0.15, 0.2) is 11.5 Å². The van der Waals surface area contributed by atoms with E-state index in [1.54, 1.807) is 44.6 Å². The van der Waals surface area contributed by atoms with E-state index >= 15 is 0 Å². The number of rotatable bonds is 4. The summed E-state index contributed by atoms with van der Waals surface area (Å²) in [5.41, 5.74) is 2.86. The zero-order chi connectivity index (χ0) is 19.7. The molecule has 0 aliphatic carbocycles. The summed E-state index contributed by atoms with van der Waals surface area (Å²) in [7, 11) is -0.380. The number of fused-ring (bicyclic) bond motifs is 2. The van der Waals surface area contributed by atoms with Crippen LogP contribution >= 0.6 is 0 Å². The second-order valence-corrected chi connectivity index (χ2v) is 8.18. The maximum atomic E-state index is 13.0. The van der Waals surface area contributed by atoms with Crippen molar-refractivity contribution in [2.24, 2.45) is 0 Å². The third kappa shape index (κ3) is 3.01. The molecule has 28 heavy (non-hydrogen) atoms. The van der Waals surface area contributed by atoms with Gasteiger partial charge >= 0.3 is 0 Å². The first kappa shape index (κ1) is 18.1. The highest BCUT2D eigenvalue weighted by atomic mass is 32.2. The van der Waals surface area contributed by atoms with E-state index in [2.05, 4.69) is 5.32 Å². The zero-order valence-electron chi connectivity index (χ0n) is 15.5. The fourth-order valence-electron chi connectivity index (χ4n) is 3.24. The van der Waals surface area contributed by atoms with Gasteiger partial charge in [0, 0.05) is 0 Å². The summed E-state index contributed by atoms with van der Waals surface area (Å²) < 4.78 is 36.6. The Bertz CT molecular complexity index is 1180. The van der Waals surface area contributed by atoms with E-state index in [1.165, 1.54) is 0 Å². The molecule has 0 spiro atoms. The Morgan fingerprint density at radius 1 is 0.821 bits per heavy atom. The van der Waals surface area contributed by atoms with Crippen LogP contribution in [0.5, 0.6) is 11.5 Å². The van der Waals surface area contributed by atoms with Crippen LogP contribution in [0.3, 0.4) is 0 Å². The third-order valence-electron chi connectivity index (χ3n) is 4.65. The SMILES string of the molecule is COc1ccc(/C=C/c2cccc3c2Nc2ccccc2S3(=O)=O)cc1OC. The van der Waals surface area contributed by atoms with Crippen LogP contribution in [0, 0.1) is 0 Å². The molecule has 0 saturated heterocycles. The van der Waals surface area contributed by atoms with Gasteiger partial charge in [-0.25, -0.2) is 8.42 Å². The quantitative estimate of drug-likeness (QED) is 0.506. The number of para-hydroxylation sites is 2. The van der Waals surface area contributed by atoms with Gasteiger partial charge in [-0.15, -0.1) is 0 Å².